The van der Waals surface area contributed by atoms with Gasteiger partial charge in [0.2, 0.25) is 0 Å². The number of aromatic nitrogens is 2. The highest BCUT2D eigenvalue weighted by atomic mass is 16.5. The summed E-state index contributed by atoms with van der Waals surface area (Å²) in [6.45, 7) is 0.614. The third-order valence-corrected chi connectivity index (χ3v) is 2.21. The molecule has 1 heterocycles. The zero-order valence-corrected chi connectivity index (χ0v) is 7.85. The number of para-hydroxylation sites is 2. The molecule has 1 aromatic heterocycles. The summed E-state index contributed by atoms with van der Waals surface area (Å²) in [5.41, 5.74) is 6.97. The fourth-order valence-electron chi connectivity index (χ4n) is 1.49. The van der Waals surface area contributed by atoms with Crippen LogP contribution in [0.4, 0.5) is 0 Å². The van der Waals surface area contributed by atoms with Crippen LogP contribution in [-0.4, -0.2) is 21.5 Å². The summed E-state index contributed by atoms with van der Waals surface area (Å²) in [5.74, 6) is 0.677. The van der Waals surface area contributed by atoms with Gasteiger partial charge in [0.1, 0.15) is 11.3 Å². The Kier molecular flexibility index (Phi) is 2.37. The fourth-order valence-corrected chi connectivity index (χ4v) is 1.49. The Morgan fingerprint density at radius 2 is 2.14 bits per heavy atom. The van der Waals surface area contributed by atoms with Crippen LogP contribution >= 0.6 is 0 Å². The van der Waals surface area contributed by atoms with E-state index in [0.29, 0.717) is 18.8 Å². The molecule has 0 amide bonds. The second kappa shape index (κ2) is 3.67. The van der Waals surface area contributed by atoms with Crippen molar-refractivity contribution in [3.63, 3.8) is 0 Å². The normalized spacial score (nSPS) is 10.9. The smallest absolute Gasteiger partial charge is 0.146 e. The molecule has 0 atom stereocenters. The lowest BCUT2D eigenvalue weighted by atomic mass is 10.3. The second-order valence-electron chi connectivity index (χ2n) is 3.22. The maximum Gasteiger partial charge on any atom is 0.146 e. The van der Waals surface area contributed by atoms with Crippen LogP contribution in [0.2, 0.25) is 0 Å². The first-order valence-electron chi connectivity index (χ1n) is 4.68. The van der Waals surface area contributed by atoms with Gasteiger partial charge in [-0.2, -0.15) is 4.73 Å². The van der Waals surface area contributed by atoms with E-state index in [-0.39, 0.29) is 0 Å². The molecule has 2 aromatic rings. The average molecular weight is 191 g/mol. The van der Waals surface area contributed by atoms with Gasteiger partial charge < -0.3 is 10.9 Å². The van der Waals surface area contributed by atoms with E-state index in [1.807, 2.05) is 24.3 Å². The highest BCUT2D eigenvalue weighted by Crippen LogP contribution is 2.14. The first-order chi connectivity index (χ1) is 6.83. The van der Waals surface area contributed by atoms with Gasteiger partial charge in [0, 0.05) is 6.42 Å². The largest absolute Gasteiger partial charge is 0.427 e. The summed E-state index contributed by atoms with van der Waals surface area (Å²) < 4.78 is 1.14. The first kappa shape index (κ1) is 9.02. The topological polar surface area (TPSA) is 64.1 Å². The van der Waals surface area contributed by atoms with Gasteiger partial charge in [-0.3, -0.25) is 0 Å². The minimum atomic E-state index is 0.614. The van der Waals surface area contributed by atoms with Crippen LogP contribution in [-0.2, 0) is 6.42 Å². The molecule has 0 saturated heterocycles. The van der Waals surface area contributed by atoms with Crippen LogP contribution < -0.4 is 5.73 Å². The van der Waals surface area contributed by atoms with Gasteiger partial charge in [-0.05, 0) is 25.1 Å². The number of rotatable bonds is 3. The number of nitrogens with two attached hydrogens (primary N) is 1. The summed E-state index contributed by atoms with van der Waals surface area (Å²) in [5, 5.41) is 9.73. The predicted octanol–water partition coefficient (Wildman–Crippen LogP) is 1.16. The van der Waals surface area contributed by atoms with Gasteiger partial charge in [-0.25, -0.2) is 4.98 Å². The molecule has 0 unspecified atom stereocenters. The number of fused-ring (bicyclic) bond motifs is 1. The third-order valence-electron chi connectivity index (χ3n) is 2.21. The van der Waals surface area contributed by atoms with Crippen LogP contribution in [0, 0.1) is 0 Å². The van der Waals surface area contributed by atoms with E-state index in [1.54, 1.807) is 0 Å². The summed E-state index contributed by atoms with van der Waals surface area (Å²) in [7, 11) is 0. The molecule has 14 heavy (non-hydrogen) atoms. The molecule has 0 spiro atoms. The van der Waals surface area contributed by atoms with E-state index in [4.69, 9.17) is 5.73 Å². The fraction of sp³-hybridized carbons (Fsp3) is 0.300. The molecule has 3 N–H and O–H groups in total. The van der Waals surface area contributed by atoms with Crippen LogP contribution in [0.5, 0.6) is 0 Å². The molecular weight excluding hydrogens is 178 g/mol. The van der Waals surface area contributed by atoms with E-state index >= 15 is 0 Å². The van der Waals surface area contributed by atoms with Gasteiger partial charge in [-0.15, -0.1) is 0 Å². The molecule has 0 fully saturated rings. The third kappa shape index (κ3) is 1.44. The second-order valence-corrected chi connectivity index (χ2v) is 3.22. The van der Waals surface area contributed by atoms with Crippen molar-refractivity contribution < 1.29 is 5.21 Å². The molecule has 0 radical (unpaired) electrons. The molecule has 0 bridgehead atoms. The van der Waals surface area contributed by atoms with Gasteiger partial charge in [-0.1, -0.05) is 12.1 Å². The zero-order valence-electron chi connectivity index (χ0n) is 7.85. The Balaban J connectivity index is 2.41. The maximum atomic E-state index is 9.73. The summed E-state index contributed by atoms with van der Waals surface area (Å²) in [6.07, 6.45) is 1.55. The molecule has 4 heteroatoms. The highest BCUT2D eigenvalue weighted by molar-refractivity contribution is 5.75. The Morgan fingerprint density at radius 1 is 1.36 bits per heavy atom. The zero-order chi connectivity index (χ0) is 9.97. The molecule has 0 aliphatic carbocycles. The Morgan fingerprint density at radius 3 is 2.86 bits per heavy atom. The minimum absolute atomic E-state index is 0.614. The van der Waals surface area contributed by atoms with Crippen molar-refractivity contribution in [1.29, 1.82) is 0 Å². The molecule has 74 valence electrons. The van der Waals surface area contributed by atoms with Crippen molar-refractivity contribution in [2.45, 2.75) is 12.8 Å². The lowest BCUT2D eigenvalue weighted by Gasteiger charge is -1.98. The van der Waals surface area contributed by atoms with Crippen LogP contribution in [0.3, 0.4) is 0 Å². The van der Waals surface area contributed by atoms with Crippen LogP contribution in [0.1, 0.15) is 12.2 Å². The van der Waals surface area contributed by atoms with E-state index in [0.717, 1.165) is 22.2 Å². The Hall–Kier alpha value is -1.55. The molecule has 0 aliphatic rings. The van der Waals surface area contributed by atoms with E-state index in [1.165, 1.54) is 0 Å². The van der Waals surface area contributed by atoms with E-state index in [9.17, 15) is 5.21 Å². The molecule has 0 saturated carbocycles. The standard InChI is InChI=1S/C10H13N3O/c11-7-3-6-10-12-8-4-1-2-5-9(8)13(10)14/h1-2,4-5,14H,3,6-7,11H2. The molecule has 1 aromatic carbocycles. The number of hydrogen-bond acceptors (Lipinski definition) is 3. The van der Waals surface area contributed by atoms with Gasteiger partial charge in [0.15, 0.2) is 0 Å². The summed E-state index contributed by atoms with van der Waals surface area (Å²) >= 11 is 0. The van der Waals surface area contributed by atoms with Crippen molar-refractivity contribution in [1.82, 2.24) is 9.71 Å². The number of benzene rings is 1. The number of aryl methyl sites for hydroxylation is 1. The van der Waals surface area contributed by atoms with Crippen molar-refractivity contribution >= 4 is 11.0 Å². The maximum absolute atomic E-state index is 9.73. The SMILES string of the molecule is NCCCc1nc2ccccc2n1O. The Labute approximate surface area is 81.9 Å². The highest BCUT2D eigenvalue weighted by Gasteiger charge is 2.07. The average Bonchev–Trinajstić information content (AvgIpc) is 2.54. The van der Waals surface area contributed by atoms with Crippen molar-refractivity contribution in [3.05, 3.63) is 30.1 Å². The number of hydrogen-bond donors (Lipinski definition) is 2. The lowest BCUT2D eigenvalue weighted by Crippen LogP contribution is -2.04. The molecule has 0 aliphatic heterocycles. The molecule has 4 nitrogen and oxygen atoms in total. The van der Waals surface area contributed by atoms with Crippen molar-refractivity contribution in [3.8, 4) is 0 Å². The number of imidazole rings is 1. The van der Waals surface area contributed by atoms with Gasteiger partial charge in [0.25, 0.3) is 0 Å². The van der Waals surface area contributed by atoms with E-state index < -0.39 is 0 Å². The Bertz CT molecular complexity index is 436. The minimum Gasteiger partial charge on any atom is -0.427 e. The van der Waals surface area contributed by atoms with Gasteiger partial charge >= 0.3 is 0 Å². The van der Waals surface area contributed by atoms with E-state index in [2.05, 4.69) is 4.98 Å². The quantitative estimate of drug-likeness (QED) is 0.716. The predicted molar refractivity (Wildman–Crippen MR) is 54.3 cm³/mol. The lowest BCUT2D eigenvalue weighted by molar-refractivity contribution is 0.187. The molecular formula is C10H13N3O. The van der Waals surface area contributed by atoms with Crippen molar-refractivity contribution in [2.24, 2.45) is 5.73 Å². The summed E-state index contributed by atoms with van der Waals surface area (Å²) in [4.78, 5) is 4.31. The van der Waals surface area contributed by atoms with Crippen LogP contribution in [0.15, 0.2) is 24.3 Å². The van der Waals surface area contributed by atoms with Gasteiger partial charge in [0.05, 0.1) is 5.52 Å². The monoisotopic (exact) mass is 191 g/mol. The molecule has 2 rings (SSSR count). The number of nitrogens with zero attached hydrogens (tertiary/aromatic N) is 2. The van der Waals surface area contributed by atoms with Crippen molar-refractivity contribution in [2.75, 3.05) is 6.54 Å². The summed E-state index contributed by atoms with van der Waals surface area (Å²) in [6, 6.07) is 7.51. The first-order valence-corrected chi connectivity index (χ1v) is 4.68. The van der Waals surface area contributed by atoms with Crippen LogP contribution in [0.25, 0.3) is 11.0 Å².